The zero-order chi connectivity index (χ0) is 21.1. The van der Waals surface area contributed by atoms with Crippen molar-refractivity contribution in [1.29, 1.82) is 0 Å². The number of halogens is 1. The first-order valence-electron chi connectivity index (χ1n) is 10.1. The van der Waals surface area contributed by atoms with E-state index in [-0.39, 0.29) is 30.0 Å². The largest absolute Gasteiger partial charge is 0.490 e. The van der Waals surface area contributed by atoms with Crippen molar-refractivity contribution in [2.45, 2.75) is 26.3 Å². The summed E-state index contributed by atoms with van der Waals surface area (Å²) in [6, 6.07) is 10.1. The fraction of sp³-hybridized carbons (Fsp3) is 0.500. The van der Waals surface area contributed by atoms with Crippen LogP contribution >= 0.6 is 24.0 Å². The van der Waals surface area contributed by atoms with E-state index in [1.165, 1.54) is 5.56 Å². The van der Waals surface area contributed by atoms with Gasteiger partial charge in [0.15, 0.2) is 17.5 Å². The summed E-state index contributed by atoms with van der Waals surface area (Å²) in [5.74, 6) is 3.27. The molecule has 30 heavy (non-hydrogen) atoms. The summed E-state index contributed by atoms with van der Waals surface area (Å²) in [6.45, 7) is 6.63. The molecule has 8 heteroatoms. The molecular weight excluding hydrogens is 495 g/mol. The number of furan rings is 1. The molecule has 7 nitrogen and oxygen atoms in total. The van der Waals surface area contributed by atoms with E-state index in [1.54, 1.807) is 13.3 Å². The Balaban J connectivity index is 0.00000450. The summed E-state index contributed by atoms with van der Waals surface area (Å²) >= 11 is 0. The predicted molar refractivity (Wildman–Crippen MR) is 132 cm³/mol. The molecular formula is C22H35IN4O3. The maximum absolute atomic E-state index is 5.71. The van der Waals surface area contributed by atoms with Gasteiger partial charge in [0.25, 0.3) is 0 Å². The monoisotopic (exact) mass is 530 g/mol. The fourth-order valence-electron chi connectivity index (χ4n) is 3.01. The van der Waals surface area contributed by atoms with E-state index < -0.39 is 0 Å². The molecule has 1 aromatic carbocycles. The zero-order valence-electron chi connectivity index (χ0n) is 18.6. The molecule has 1 aromatic heterocycles. The van der Waals surface area contributed by atoms with Crippen LogP contribution in [-0.2, 0) is 6.42 Å². The summed E-state index contributed by atoms with van der Waals surface area (Å²) in [5, 5.41) is 6.74. The maximum Gasteiger partial charge on any atom is 0.191 e. The van der Waals surface area contributed by atoms with Crippen LogP contribution in [0.5, 0.6) is 11.5 Å². The second kappa shape index (κ2) is 14.1. The molecule has 0 fully saturated rings. The number of benzene rings is 1. The van der Waals surface area contributed by atoms with E-state index in [1.807, 2.05) is 52.2 Å². The van der Waals surface area contributed by atoms with Crippen molar-refractivity contribution in [1.82, 2.24) is 15.5 Å². The molecule has 2 N–H and O–H groups in total. The van der Waals surface area contributed by atoms with Crippen LogP contribution < -0.4 is 20.1 Å². The van der Waals surface area contributed by atoms with Crippen molar-refractivity contribution in [3.05, 3.63) is 47.9 Å². The Hall–Kier alpha value is -1.94. The van der Waals surface area contributed by atoms with Gasteiger partial charge in [-0.25, -0.2) is 0 Å². The Morgan fingerprint density at radius 2 is 1.83 bits per heavy atom. The van der Waals surface area contributed by atoms with E-state index in [4.69, 9.17) is 13.9 Å². The number of guanidine groups is 1. The van der Waals surface area contributed by atoms with Crippen molar-refractivity contribution in [3.63, 3.8) is 0 Å². The van der Waals surface area contributed by atoms with E-state index in [0.29, 0.717) is 19.8 Å². The van der Waals surface area contributed by atoms with Crippen LogP contribution in [0.4, 0.5) is 0 Å². The van der Waals surface area contributed by atoms with Gasteiger partial charge in [0.05, 0.1) is 25.5 Å². The minimum Gasteiger partial charge on any atom is -0.490 e. The molecule has 0 saturated carbocycles. The minimum absolute atomic E-state index is 0. The average Bonchev–Trinajstić information content (AvgIpc) is 3.23. The third-order valence-corrected chi connectivity index (χ3v) is 4.50. The topological polar surface area (TPSA) is 71.3 Å². The van der Waals surface area contributed by atoms with Gasteiger partial charge in [0.1, 0.15) is 5.76 Å². The lowest BCUT2D eigenvalue weighted by atomic mass is 10.1. The molecule has 0 aliphatic rings. The van der Waals surface area contributed by atoms with Gasteiger partial charge >= 0.3 is 0 Å². The predicted octanol–water partition coefficient (Wildman–Crippen LogP) is 3.71. The first-order valence-corrected chi connectivity index (χ1v) is 10.1. The van der Waals surface area contributed by atoms with E-state index in [2.05, 4.69) is 26.6 Å². The molecule has 1 heterocycles. The number of likely N-dealkylation sites (N-methyl/N-ethyl adjacent to an activating group) is 1. The third-order valence-electron chi connectivity index (χ3n) is 4.50. The van der Waals surface area contributed by atoms with Gasteiger partial charge in [0, 0.05) is 20.1 Å². The number of ether oxygens (including phenoxy) is 2. The lowest BCUT2D eigenvalue weighted by molar-refractivity contribution is 0.258. The van der Waals surface area contributed by atoms with Crippen LogP contribution in [0.25, 0.3) is 0 Å². The summed E-state index contributed by atoms with van der Waals surface area (Å²) in [7, 11) is 5.84. The highest BCUT2D eigenvalue weighted by atomic mass is 127. The fourth-order valence-corrected chi connectivity index (χ4v) is 3.01. The Morgan fingerprint density at radius 1 is 1.10 bits per heavy atom. The summed E-state index contributed by atoms with van der Waals surface area (Å²) in [5.41, 5.74) is 1.18. The number of nitrogens with one attached hydrogen (secondary N) is 2. The Bertz CT molecular complexity index is 751. The zero-order valence-corrected chi connectivity index (χ0v) is 20.9. The van der Waals surface area contributed by atoms with Gasteiger partial charge in [-0.1, -0.05) is 6.07 Å². The highest BCUT2D eigenvalue weighted by Gasteiger charge is 2.17. The molecule has 2 rings (SSSR count). The summed E-state index contributed by atoms with van der Waals surface area (Å²) < 4.78 is 16.9. The smallest absolute Gasteiger partial charge is 0.191 e. The van der Waals surface area contributed by atoms with Crippen LogP contribution in [0.2, 0.25) is 0 Å². The van der Waals surface area contributed by atoms with E-state index in [9.17, 15) is 0 Å². The molecule has 1 unspecified atom stereocenters. The first kappa shape index (κ1) is 26.1. The Labute approximate surface area is 197 Å². The van der Waals surface area contributed by atoms with Crippen molar-refractivity contribution in [3.8, 4) is 11.5 Å². The molecule has 0 aliphatic heterocycles. The van der Waals surface area contributed by atoms with Gasteiger partial charge in [0.2, 0.25) is 0 Å². The van der Waals surface area contributed by atoms with Gasteiger partial charge < -0.3 is 24.5 Å². The lowest BCUT2D eigenvalue weighted by Gasteiger charge is -2.23. The third kappa shape index (κ3) is 8.06. The minimum atomic E-state index is 0. The number of aliphatic imine (C=N–C) groups is 1. The van der Waals surface area contributed by atoms with Gasteiger partial charge in [-0.15, -0.1) is 24.0 Å². The number of hydrogen-bond acceptors (Lipinski definition) is 5. The second-order valence-corrected chi connectivity index (χ2v) is 6.77. The normalized spacial score (nSPS) is 12.3. The maximum atomic E-state index is 5.71. The highest BCUT2D eigenvalue weighted by molar-refractivity contribution is 14.0. The Kier molecular flexibility index (Phi) is 12.3. The Morgan fingerprint density at radius 3 is 2.43 bits per heavy atom. The lowest BCUT2D eigenvalue weighted by Crippen LogP contribution is -2.42. The summed E-state index contributed by atoms with van der Waals surface area (Å²) in [4.78, 5) is 6.44. The van der Waals surface area contributed by atoms with Crippen LogP contribution in [0, 0.1) is 0 Å². The highest BCUT2D eigenvalue weighted by Crippen LogP contribution is 2.28. The standard InChI is InChI=1S/C22H34N4O3.HI/c1-6-27-20-11-10-17(15-21(20)28-7-2)12-13-24-22(23-3)25-16-18(26(4)5)19-9-8-14-29-19;/h8-11,14-15,18H,6-7,12-13,16H2,1-5H3,(H2,23,24,25);1H. The van der Waals surface area contributed by atoms with Crippen molar-refractivity contribution in [2.75, 3.05) is 47.4 Å². The van der Waals surface area contributed by atoms with Crippen LogP contribution in [0.3, 0.4) is 0 Å². The number of rotatable bonds is 11. The molecule has 0 amide bonds. The summed E-state index contributed by atoms with van der Waals surface area (Å²) in [6.07, 6.45) is 2.55. The molecule has 2 aromatic rings. The van der Waals surface area contributed by atoms with Gasteiger partial charge in [-0.3, -0.25) is 9.89 Å². The molecule has 168 valence electrons. The molecule has 1 atom stereocenters. The van der Waals surface area contributed by atoms with Crippen LogP contribution in [-0.4, -0.2) is 58.3 Å². The molecule has 0 saturated heterocycles. The molecule has 0 aliphatic carbocycles. The van der Waals surface area contributed by atoms with E-state index in [0.717, 1.165) is 36.2 Å². The van der Waals surface area contributed by atoms with Crippen LogP contribution in [0.15, 0.2) is 46.0 Å². The van der Waals surface area contributed by atoms with Crippen LogP contribution in [0.1, 0.15) is 31.2 Å². The van der Waals surface area contributed by atoms with Crippen molar-refractivity contribution >= 4 is 29.9 Å². The van der Waals surface area contributed by atoms with Gasteiger partial charge in [-0.2, -0.15) is 0 Å². The average molecular weight is 530 g/mol. The molecule has 0 spiro atoms. The van der Waals surface area contributed by atoms with E-state index >= 15 is 0 Å². The molecule has 0 radical (unpaired) electrons. The van der Waals surface area contributed by atoms with Gasteiger partial charge in [-0.05, 0) is 64.2 Å². The van der Waals surface area contributed by atoms with Crippen molar-refractivity contribution in [2.24, 2.45) is 4.99 Å². The number of hydrogen-bond donors (Lipinski definition) is 2. The number of nitrogens with zero attached hydrogens (tertiary/aromatic N) is 2. The first-order chi connectivity index (χ1) is 14.1. The van der Waals surface area contributed by atoms with Crippen molar-refractivity contribution < 1.29 is 13.9 Å². The SMILES string of the molecule is CCOc1ccc(CCNC(=NC)NCC(c2ccco2)N(C)C)cc1OCC.I. The molecule has 0 bridgehead atoms. The second-order valence-electron chi connectivity index (χ2n) is 6.77. The quantitative estimate of drug-likeness (QED) is 0.262.